The van der Waals surface area contributed by atoms with E-state index in [0.29, 0.717) is 24.2 Å². The van der Waals surface area contributed by atoms with Crippen molar-refractivity contribution in [3.63, 3.8) is 0 Å². The average molecular weight is 322 g/mol. The highest BCUT2D eigenvalue weighted by Gasteiger charge is 2.10. The number of hydrogen-bond acceptors (Lipinski definition) is 3. The van der Waals surface area contributed by atoms with Gasteiger partial charge in [-0.15, -0.1) is 0 Å². The van der Waals surface area contributed by atoms with Crippen molar-refractivity contribution in [3.8, 4) is 0 Å². The standard InChI is InChI=1S/C18H18N4O2/c1-2-15-8-14(9-17(23)20-15)18(24)21-16-10-19-22(12-16)11-13-6-4-3-5-7-13/h3-10,12H,2,11H2,1H3,(H,20,23)(H,21,24). The summed E-state index contributed by atoms with van der Waals surface area (Å²) in [4.78, 5) is 26.6. The van der Waals surface area contributed by atoms with Crippen molar-refractivity contribution >= 4 is 11.6 Å². The third kappa shape index (κ3) is 3.78. The molecule has 6 heteroatoms. The van der Waals surface area contributed by atoms with Gasteiger partial charge in [0.05, 0.1) is 18.4 Å². The summed E-state index contributed by atoms with van der Waals surface area (Å²) in [5, 5.41) is 7.01. The van der Waals surface area contributed by atoms with Crippen LogP contribution in [0.4, 0.5) is 5.69 Å². The first kappa shape index (κ1) is 15.7. The molecular weight excluding hydrogens is 304 g/mol. The number of aromatic amines is 1. The lowest BCUT2D eigenvalue weighted by molar-refractivity contribution is 0.102. The normalized spacial score (nSPS) is 10.5. The maximum atomic E-state index is 12.3. The first-order chi connectivity index (χ1) is 11.6. The van der Waals surface area contributed by atoms with E-state index < -0.39 is 0 Å². The number of nitrogens with zero attached hydrogens (tertiary/aromatic N) is 2. The fourth-order valence-electron chi connectivity index (χ4n) is 2.41. The predicted molar refractivity (Wildman–Crippen MR) is 92.2 cm³/mol. The summed E-state index contributed by atoms with van der Waals surface area (Å²) in [6.45, 7) is 2.54. The number of nitrogens with one attached hydrogen (secondary N) is 2. The fraction of sp³-hybridized carbons (Fsp3) is 0.167. The number of anilines is 1. The van der Waals surface area contributed by atoms with Crippen LogP contribution in [0, 0.1) is 0 Å². The number of rotatable bonds is 5. The molecule has 0 spiro atoms. The van der Waals surface area contributed by atoms with Crippen molar-refractivity contribution in [2.24, 2.45) is 0 Å². The van der Waals surface area contributed by atoms with E-state index in [9.17, 15) is 9.59 Å². The topological polar surface area (TPSA) is 79.8 Å². The Kier molecular flexibility index (Phi) is 4.56. The van der Waals surface area contributed by atoms with Gasteiger partial charge in [-0.3, -0.25) is 14.3 Å². The Balaban J connectivity index is 1.71. The highest BCUT2D eigenvalue weighted by molar-refractivity contribution is 6.04. The first-order valence-electron chi connectivity index (χ1n) is 7.75. The summed E-state index contributed by atoms with van der Waals surface area (Å²) < 4.78 is 1.75. The van der Waals surface area contributed by atoms with Crippen LogP contribution in [0.25, 0.3) is 0 Å². The highest BCUT2D eigenvalue weighted by Crippen LogP contribution is 2.10. The van der Waals surface area contributed by atoms with E-state index in [1.165, 1.54) is 6.07 Å². The molecule has 0 aliphatic heterocycles. The largest absolute Gasteiger partial charge is 0.326 e. The molecule has 0 fully saturated rings. The smallest absolute Gasteiger partial charge is 0.256 e. The minimum Gasteiger partial charge on any atom is -0.326 e. The van der Waals surface area contributed by atoms with E-state index in [1.807, 2.05) is 37.3 Å². The zero-order valence-corrected chi connectivity index (χ0v) is 13.3. The Labute approximate surface area is 139 Å². The average Bonchev–Trinajstić information content (AvgIpc) is 3.02. The molecule has 0 aliphatic carbocycles. The number of aryl methyl sites for hydroxylation is 1. The van der Waals surface area contributed by atoms with E-state index in [1.54, 1.807) is 23.1 Å². The minimum atomic E-state index is -0.324. The van der Waals surface area contributed by atoms with Crippen LogP contribution in [-0.4, -0.2) is 20.7 Å². The number of carbonyl (C=O) groups is 1. The monoisotopic (exact) mass is 322 g/mol. The van der Waals surface area contributed by atoms with Gasteiger partial charge in [0.2, 0.25) is 5.56 Å². The number of H-pyrrole nitrogens is 1. The van der Waals surface area contributed by atoms with Crippen molar-refractivity contribution < 1.29 is 4.79 Å². The summed E-state index contributed by atoms with van der Waals surface area (Å²) in [5.41, 5.74) is 2.51. The highest BCUT2D eigenvalue weighted by atomic mass is 16.2. The molecule has 2 aromatic heterocycles. The minimum absolute atomic E-state index is 0.278. The van der Waals surface area contributed by atoms with Crippen LogP contribution in [0.15, 0.2) is 59.7 Å². The van der Waals surface area contributed by atoms with Gasteiger partial charge in [-0.25, -0.2) is 0 Å². The van der Waals surface area contributed by atoms with Gasteiger partial charge in [0.25, 0.3) is 5.91 Å². The number of benzene rings is 1. The molecule has 0 saturated heterocycles. The van der Waals surface area contributed by atoms with Crippen molar-refractivity contribution in [3.05, 3.63) is 82.0 Å². The third-order valence-electron chi connectivity index (χ3n) is 3.62. The number of pyridine rings is 1. The van der Waals surface area contributed by atoms with Crippen LogP contribution >= 0.6 is 0 Å². The third-order valence-corrected chi connectivity index (χ3v) is 3.62. The molecule has 2 N–H and O–H groups in total. The summed E-state index contributed by atoms with van der Waals surface area (Å²) >= 11 is 0. The van der Waals surface area contributed by atoms with Gasteiger partial charge in [0.15, 0.2) is 0 Å². The Bertz CT molecular complexity index is 897. The van der Waals surface area contributed by atoms with Crippen molar-refractivity contribution in [2.75, 3.05) is 5.32 Å². The summed E-state index contributed by atoms with van der Waals surface area (Å²) in [5.74, 6) is -0.324. The molecule has 0 unspecified atom stereocenters. The van der Waals surface area contributed by atoms with E-state index in [0.717, 1.165) is 11.3 Å². The Morgan fingerprint density at radius 3 is 2.79 bits per heavy atom. The van der Waals surface area contributed by atoms with Crippen LogP contribution in [0.5, 0.6) is 0 Å². The second-order valence-corrected chi connectivity index (χ2v) is 5.48. The van der Waals surface area contributed by atoms with Gasteiger partial charge in [-0.2, -0.15) is 5.10 Å². The second-order valence-electron chi connectivity index (χ2n) is 5.48. The van der Waals surface area contributed by atoms with Gasteiger partial charge in [-0.1, -0.05) is 37.3 Å². The molecule has 6 nitrogen and oxygen atoms in total. The number of carbonyl (C=O) groups excluding carboxylic acids is 1. The second kappa shape index (κ2) is 6.95. The van der Waals surface area contributed by atoms with E-state index >= 15 is 0 Å². The summed E-state index contributed by atoms with van der Waals surface area (Å²) in [6.07, 6.45) is 4.01. The predicted octanol–water partition coefficient (Wildman–Crippen LogP) is 2.43. The number of amides is 1. The molecule has 2 heterocycles. The quantitative estimate of drug-likeness (QED) is 0.757. The van der Waals surface area contributed by atoms with Crippen LogP contribution in [-0.2, 0) is 13.0 Å². The lowest BCUT2D eigenvalue weighted by Gasteiger charge is -2.04. The molecule has 0 aliphatic rings. The fourth-order valence-corrected chi connectivity index (χ4v) is 2.41. The van der Waals surface area contributed by atoms with Crippen molar-refractivity contribution in [1.82, 2.24) is 14.8 Å². The molecule has 0 radical (unpaired) electrons. The summed E-state index contributed by atoms with van der Waals surface area (Å²) in [6, 6.07) is 12.9. The van der Waals surface area contributed by atoms with Gasteiger partial charge >= 0.3 is 0 Å². The maximum Gasteiger partial charge on any atom is 0.256 e. The van der Waals surface area contributed by atoms with Crippen molar-refractivity contribution in [1.29, 1.82) is 0 Å². The van der Waals surface area contributed by atoms with E-state index in [4.69, 9.17) is 0 Å². The number of hydrogen-bond donors (Lipinski definition) is 2. The van der Waals surface area contributed by atoms with Crippen molar-refractivity contribution in [2.45, 2.75) is 19.9 Å². The molecule has 0 atom stereocenters. The molecular formula is C18H18N4O2. The maximum absolute atomic E-state index is 12.3. The molecule has 24 heavy (non-hydrogen) atoms. The Morgan fingerprint density at radius 1 is 1.25 bits per heavy atom. The lowest BCUT2D eigenvalue weighted by Crippen LogP contribution is -2.17. The van der Waals surface area contributed by atoms with Crippen LogP contribution in [0.2, 0.25) is 0 Å². The van der Waals surface area contributed by atoms with Gasteiger partial charge < -0.3 is 10.3 Å². The molecule has 0 bridgehead atoms. The van der Waals surface area contributed by atoms with Crippen LogP contribution in [0.1, 0.15) is 28.5 Å². The Hall–Kier alpha value is -3.15. The SMILES string of the molecule is CCc1cc(C(=O)Nc2cnn(Cc3ccccc3)c2)cc(=O)[nH]1. The zero-order chi connectivity index (χ0) is 16.9. The van der Waals surface area contributed by atoms with E-state index in [-0.39, 0.29) is 11.5 Å². The molecule has 3 rings (SSSR count). The van der Waals surface area contributed by atoms with Gasteiger partial charge in [0.1, 0.15) is 0 Å². The van der Waals surface area contributed by atoms with Crippen LogP contribution in [0.3, 0.4) is 0 Å². The van der Waals surface area contributed by atoms with Gasteiger partial charge in [-0.05, 0) is 18.1 Å². The first-order valence-corrected chi connectivity index (χ1v) is 7.75. The zero-order valence-electron chi connectivity index (χ0n) is 13.3. The number of aromatic nitrogens is 3. The lowest BCUT2D eigenvalue weighted by atomic mass is 10.2. The molecule has 1 amide bonds. The van der Waals surface area contributed by atoms with Crippen LogP contribution < -0.4 is 10.9 Å². The van der Waals surface area contributed by atoms with E-state index in [2.05, 4.69) is 15.4 Å². The Morgan fingerprint density at radius 2 is 2.04 bits per heavy atom. The molecule has 0 saturated carbocycles. The molecule has 1 aromatic carbocycles. The van der Waals surface area contributed by atoms with Gasteiger partial charge in [0, 0.05) is 23.5 Å². The summed E-state index contributed by atoms with van der Waals surface area (Å²) in [7, 11) is 0. The molecule has 3 aromatic rings. The molecule has 122 valence electrons.